The highest BCUT2D eigenvalue weighted by molar-refractivity contribution is 8.00. The van der Waals surface area contributed by atoms with Crippen LogP contribution < -0.4 is 5.32 Å². The topological polar surface area (TPSA) is 88.6 Å². The highest BCUT2D eigenvalue weighted by Gasteiger charge is 2.17. The number of para-hydroxylation sites is 1. The van der Waals surface area contributed by atoms with Gasteiger partial charge in [-0.1, -0.05) is 30.3 Å². The van der Waals surface area contributed by atoms with Crippen LogP contribution >= 0.6 is 11.8 Å². The summed E-state index contributed by atoms with van der Waals surface area (Å²) in [5.74, 6) is 2.03. The second-order valence-corrected chi connectivity index (χ2v) is 7.45. The molecule has 0 saturated heterocycles. The molecule has 0 atom stereocenters. The lowest BCUT2D eigenvalue weighted by Gasteiger charge is -2.17. The van der Waals surface area contributed by atoms with E-state index in [9.17, 15) is 9.59 Å². The Morgan fingerprint density at radius 2 is 2.04 bits per heavy atom. The van der Waals surface area contributed by atoms with Gasteiger partial charge in [0, 0.05) is 37.0 Å². The van der Waals surface area contributed by atoms with E-state index < -0.39 is 0 Å². The van der Waals surface area contributed by atoms with Gasteiger partial charge in [-0.25, -0.2) is 0 Å². The van der Waals surface area contributed by atoms with Crippen molar-refractivity contribution >= 4 is 40.4 Å². The zero-order chi connectivity index (χ0) is 20.1. The van der Waals surface area contributed by atoms with Crippen molar-refractivity contribution in [1.82, 2.24) is 10.1 Å². The minimum absolute atomic E-state index is 0.0394. The predicted molar refractivity (Wildman–Crippen MR) is 109 cm³/mol. The first-order chi connectivity index (χ1) is 13.5. The molecule has 1 N–H and O–H groups in total. The third-order valence-electron chi connectivity index (χ3n) is 4.28. The maximum absolute atomic E-state index is 12.5. The molecular weight excluding hydrogens is 378 g/mol. The van der Waals surface area contributed by atoms with Crippen LogP contribution in [0.5, 0.6) is 0 Å². The summed E-state index contributed by atoms with van der Waals surface area (Å²) in [6.07, 6.45) is 0.766. The van der Waals surface area contributed by atoms with E-state index >= 15 is 0 Å². The molecule has 2 heterocycles. The summed E-state index contributed by atoms with van der Waals surface area (Å²) >= 11 is 1.26. The van der Waals surface area contributed by atoms with Crippen LogP contribution in [0.15, 0.2) is 39.3 Å². The first-order valence-electron chi connectivity index (χ1n) is 9.02. The number of nitrogens with one attached hydrogen (secondary N) is 1. The van der Waals surface area contributed by atoms with Crippen LogP contribution in [0.3, 0.4) is 0 Å². The molecule has 8 heteroatoms. The number of thioether (sulfide) groups is 1. The van der Waals surface area contributed by atoms with Gasteiger partial charge in [0.25, 0.3) is 0 Å². The van der Waals surface area contributed by atoms with Crippen molar-refractivity contribution in [2.45, 2.75) is 26.8 Å². The van der Waals surface area contributed by atoms with E-state index in [1.807, 2.05) is 31.2 Å². The molecule has 7 nitrogen and oxygen atoms in total. The molecule has 0 bridgehead atoms. The average Bonchev–Trinajstić information content (AvgIpc) is 3.24. The lowest BCUT2D eigenvalue weighted by atomic mass is 10.1. The van der Waals surface area contributed by atoms with E-state index in [0.717, 1.165) is 28.7 Å². The van der Waals surface area contributed by atoms with Crippen molar-refractivity contribution in [1.29, 1.82) is 0 Å². The van der Waals surface area contributed by atoms with Crippen LogP contribution in [0.4, 0.5) is 5.82 Å². The van der Waals surface area contributed by atoms with Gasteiger partial charge in [-0.05, 0) is 13.0 Å². The number of furan rings is 1. The molecule has 0 saturated carbocycles. The summed E-state index contributed by atoms with van der Waals surface area (Å²) in [6, 6.07) is 9.49. The molecule has 3 rings (SSSR count). The van der Waals surface area contributed by atoms with Gasteiger partial charge in [0.1, 0.15) is 17.1 Å². The number of carbonyl (C=O) groups is 2. The molecule has 148 valence electrons. The number of aromatic nitrogens is 1. The van der Waals surface area contributed by atoms with E-state index in [4.69, 9.17) is 8.94 Å². The van der Waals surface area contributed by atoms with Gasteiger partial charge in [0.2, 0.25) is 11.8 Å². The maximum atomic E-state index is 12.5. The van der Waals surface area contributed by atoms with Gasteiger partial charge in [-0.15, -0.1) is 11.8 Å². The Morgan fingerprint density at radius 1 is 1.25 bits per heavy atom. The second kappa shape index (κ2) is 8.97. The number of rotatable bonds is 8. The smallest absolute Gasteiger partial charge is 0.235 e. The SMILES string of the molecule is CCc1oc2ccccc2c1CN(C)C(=O)CSCC(=O)Nc1cc(C)on1. The van der Waals surface area contributed by atoms with Gasteiger partial charge in [-0.3, -0.25) is 9.59 Å². The number of hydrogen-bond donors (Lipinski definition) is 1. The number of hydrogen-bond acceptors (Lipinski definition) is 6. The van der Waals surface area contributed by atoms with E-state index in [-0.39, 0.29) is 23.3 Å². The summed E-state index contributed by atoms with van der Waals surface area (Å²) in [5.41, 5.74) is 1.88. The largest absolute Gasteiger partial charge is 0.461 e. The maximum Gasteiger partial charge on any atom is 0.235 e. The lowest BCUT2D eigenvalue weighted by Crippen LogP contribution is -2.28. The van der Waals surface area contributed by atoms with Crippen LogP contribution in [-0.4, -0.2) is 40.4 Å². The van der Waals surface area contributed by atoms with E-state index in [1.54, 1.807) is 24.9 Å². The van der Waals surface area contributed by atoms with Crippen molar-refractivity contribution < 1.29 is 18.5 Å². The zero-order valence-electron chi connectivity index (χ0n) is 16.2. The number of anilines is 1. The molecular formula is C20H23N3O4S. The predicted octanol–water partition coefficient (Wildman–Crippen LogP) is 3.62. The van der Waals surface area contributed by atoms with Gasteiger partial charge >= 0.3 is 0 Å². The summed E-state index contributed by atoms with van der Waals surface area (Å²) in [6.45, 7) is 4.26. The number of carbonyl (C=O) groups excluding carboxylic acids is 2. The summed E-state index contributed by atoms with van der Waals surface area (Å²) < 4.78 is 10.8. The molecule has 0 unspecified atom stereocenters. The van der Waals surface area contributed by atoms with Gasteiger partial charge < -0.3 is 19.2 Å². The van der Waals surface area contributed by atoms with Gasteiger partial charge in [-0.2, -0.15) is 0 Å². The third-order valence-corrected chi connectivity index (χ3v) is 5.20. The molecule has 3 aromatic rings. The molecule has 0 spiro atoms. The Kier molecular flexibility index (Phi) is 6.41. The molecule has 0 radical (unpaired) electrons. The van der Waals surface area contributed by atoms with Crippen LogP contribution in [-0.2, 0) is 22.6 Å². The Bertz CT molecular complexity index is 979. The van der Waals surface area contributed by atoms with Crippen LogP contribution in [0.1, 0.15) is 24.0 Å². The van der Waals surface area contributed by atoms with Crippen LogP contribution in [0, 0.1) is 6.92 Å². The van der Waals surface area contributed by atoms with Crippen LogP contribution in [0.2, 0.25) is 0 Å². The Hall–Kier alpha value is -2.74. The van der Waals surface area contributed by atoms with Crippen molar-refractivity contribution in [2.75, 3.05) is 23.9 Å². The molecule has 0 aliphatic heterocycles. The van der Waals surface area contributed by atoms with Gasteiger partial charge in [0.05, 0.1) is 11.5 Å². The average molecular weight is 401 g/mol. The summed E-state index contributed by atoms with van der Waals surface area (Å²) in [4.78, 5) is 26.0. The van der Waals surface area contributed by atoms with E-state index in [0.29, 0.717) is 18.1 Å². The molecule has 0 aliphatic rings. The molecule has 0 fully saturated rings. The number of nitrogens with zero attached hydrogens (tertiary/aromatic N) is 2. The number of benzene rings is 1. The standard InChI is InChI=1S/C20H23N3O4S/c1-4-16-15(14-7-5-6-8-17(14)26-16)10-23(3)20(25)12-28-11-19(24)21-18-9-13(2)27-22-18/h5-9H,4,10-12H2,1-3H3,(H,21,22,24). The van der Waals surface area contributed by atoms with Crippen molar-refractivity contribution in [2.24, 2.45) is 0 Å². The molecule has 28 heavy (non-hydrogen) atoms. The lowest BCUT2D eigenvalue weighted by molar-refractivity contribution is -0.127. The number of amides is 2. The Morgan fingerprint density at radius 3 is 2.75 bits per heavy atom. The van der Waals surface area contributed by atoms with Crippen molar-refractivity contribution in [3.8, 4) is 0 Å². The summed E-state index contributed by atoms with van der Waals surface area (Å²) in [5, 5.41) is 7.38. The highest BCUT2D eigenvalue weighted by atomic mass is 32.2. The first-order valence-corrected chi connectivity index (χ1v) is 10.2. The zero-order valence-corrected chi connectivity index (χ0v) is 17.0. The fraction of sp³-hybridized carbons (Fsp3) is 0.350. The van der Waals surface area contributed by atoms with Crippen LogP contribution in [0.25, 0.3) is 11.0 Å². The molecule has 2 aromatic heterocycles. The number of aryl methyl sites for hydroxylation is 2. The fourth-order valence-corrected chi connectivity index (χ4v) is 3.63. The van der Waals surface area contributed by atoms with E-state index in [1.165, 1.54) is 11.8 Å². The van der Waals surface area contributed by atoms with Crippen molar-refractivity contribution in [3.63, 3.8) is 0 Å². The minimum atomic E-state index is -0.220. The first kappa shape index (κ1) is 20.0. The normalized spacial score (nSPS) is 11.0. The fourth-order valence-electron chi connectivity index (χ4n) is 2.88. The summed E-state index contributed by atoms with van der Waals surface area (Å²) in [7, 11) is 1.77. The monoisotopic (exact) mass is 401 g/mol. The molecule has 2 amide bonds. The molecule has 1 aromatic carbocycles. The number of fused-ring (bicyclic) bond motifs is 1. The molecule has 0 aliphatic carbocycles. The van der Waals surface area contributed by atoms with E-state index in [2.05, 4.69) is 10.5 Å². The Balaban J connectivity index is 1.52. The second-order valence-electron chi connectivity index (χ2n) is 6.47. The minimum Gasteiger partial charge on any atom is -0.461 e. The van der Waals surface area contributed by atoms with Gasteiger partial charge in [0.15, 0.2) is 5.82 Å². The Labute approximate surface area is 167 Å². The van der Waals surface area contributed by atoms with Crippen molar-refractivity contribution in [3.05, 3.63) is 47.4 Å². The third kappa shape index (κ3) is 4.75. The quantitative estimate of drug-likeness (QED) is 0.620. The highest BCUT2D eigenvalue weighted by Crippen LogP contribution is 2.27.